The number of halogens is 2. The van der Waals surface area contributed by atoms with E-state index in [0.29, 0.717) is 0 Å². The number of hydrazone groups is 1. The molecule has 0 aromatic carbocycles. The van der Waals surface area contributed by atoms with Gasteiger partial charge in [0.2, 0.25) is 5.92 Å². The molecule has 0 spiro atoms. The summed E-state index contributed by atoms with van der Waals surface area (Å²) >= 11 is 0. The molecule has 0 radical (unpaired) electrons. The number of rotatable bonds is 5. The van der Waals surface area contributed by atoms with Crippen molar-refractivity contribution in [2.75, 3.05) is 7.05 Å². The number of nitrogens with zero attached hydrogens (tertiary/aromatic N) is 2. The quantitative estimate of drug-likeness (QED) is 0.461. The van der Waals surface area contributed by atoms with Crippen LogP contribution in [0.4, 0.5) is 8.78 Å². The van der Waals surface area contributed by atoms with Crippen molar-refractivity contribution >= 4 is 5.71 Å². The first-order chi connectivity index (χ1) is 7.73. The minimum Gasteiger partial charge on any atom is -0.236 e. The van der Waals surface area contributed by atoms with Crippen molar-refractivity contribution < 1.29 is 8.78 Å². The monoisotopic (exact) mass is 247 g/mol. The molecule has 2 N–H and O–H groups in total. The molecule has 1 rings (SSSR count). The van der Waals surface area contributed by atoms with Crippen molar-refractivity contribution in [2.45, 2.75) is 52.4 Å². The van der Waals surface area contributed by atoms with E-state index < -0.39 is 11.3 Å². The van der Waals surface area contributed by atoms with Crippen molar-refractivity contribution in [3.05, 3.63) is 0 Å². The van der Waals surface area contributed by atoms with Gasteiger partial charge in [0.15, 0.2) is 0 Å². The molecule has 1 fully saturated rings. The minimum atomic E-state index is -2.54. The van der Waals surface area contributed by atoms with E-state index in [2.05, 4.69) is 5.10 Å². The molecular formula is C12H23F2N3. The zero-order valence-corrected chi connectivity index (χ0v) is 11.1. The van der Waals surface area contributed by atoms with Gasteiger partial charge < -0.3 is 0 Å². The van der Waals surface area contributed by atoms with Gasteiger partial charge in [0.1, 0.15) is 0 Å². The molecule has 1 saturated carbocycles. The van der Waals surface area contributed by atoms with Crippen molar-refractivity contribution in [2.24, 2.45) is 22.3 Å². The number of hydrogen-bond acceptors (Lipinski definition) is 3. The van der Waals surface area contributed by atoms with Gasteiger partial charge in [-0.15, -0.1) is 0 Å². The molecule has 0 unspecified atom stereocenters. The molecule has 5 heteroatoms. The summed E-state index contributed by atoms with van der Waals surface area (Å²) in [5.74, 6) is 3.15. The van der Waals surface area contributed by atoms with E-state index in [1.165, 1.54) is 5.12 Å². The fraction of sp³-hybridized carbons (Fsp3) is 0.917. The van der Waals surface area contributed by atoms with Crippen LogP contribution in [0.15, 0.2) is 5.10 Å². The Bertz CT molecular complexity index is 290. The maximum atomic E-state index is 13.2. The SMILES string of the molecule is CCC/C(=N\N(C)N)C1(C(C)C)CC(F)(F)C1. The standard InChI is InChI=1S/C12H23F2N3/c1-5-6-10(16-17(4)15)11(9(2)3)7-12(13,14)8-11/h9H,5-8,15H2,1-4H3/b16-10+. The Morgan fingerprint density at radius 3 is 2.24 bits per heavy atom. The highest BCUT2D eigenvalue weighted by Gasteiger charge is 2.60. The molecule has 0 heterocycles. The molecule has 0 saturated heterocycles. The maximum Gasteiger partial charge on any atom is 0.250 e. The van der Waals surface area contributed by atoms with Gasteiger partial charge in [-0.25, -0.2) is 19.7 Å². The number of nitrogens with two attached hydrogens (primary N) is 1. The molecule has 1 aliphatic carbocycles. The Kier molecular flexibility index (Phi) is 4.12. The highest BCUT2D eigenvalue weighted by molar-refractivity contribution is 5.91. The van der Waals surface area contributed by atoms with E-state index in [-0.39, 0.29) is 18.8 Å². The van der Waals surface area contributed by atoms with Crippen LogP contribution < -0.4 is 5.84 Å². The molecule has 3 nitrogen and oxygen atoms in total. The molecule has 100 valence electrons. The van der Waals surface area contributed by atoms with E-state index in [0.717, 1.165) is 18.6 Å². The van der Waals surface area contributed by atoms with Crippen LogP contribution in [0.3, 0.4) is 0 Å². The summed E-state index contributed by atoms with van der Waals surface area (Å²) in [6.07, 6.45) is 1.44. The van der Waals surface area contributed by atoms with Gasteiger partial charge in [0, 0.05) is 31.0 Å². The van der Waals surface area contributed by atoms with Crippen LogP contribution in [0.1, 0.15) is 46.5 Å². The van der Waals surface area contributed by atoms with Crippen molar-refractivity contribution in [3.8, 4) is 0 Å². The summed E-state index contributed by atoms with van der Waals surface area (Å²) in [4.78, 5) is 0. The number of alkyl halides is 2. The van der Waals surface area contributed by atoms with Crippen LogP contribution in [0.2, 0.25) is 0 Å². The van der Waals surface area contributed by atoms with Gasteiger partial charge in [-0.05, 0) is 12.3 Å². The maximum absolute atomic E-state index is 13.2. The van der Waals surface area contributed by atoms with Gasteiger partial charge >= 0.3 is 0 Å². The topological polar surface area (TPSA) is 41.6 Å². The van der Waals surface area contributed by atoms with Crippen LogP contribution in [-0.2, 0) is 0 Å². The van der Waals surface area contributed by atoms with E-state index in [1.807, 2.05) is 20.8 Å². The Labute approximate surface area is 102 Å². The van der Waals surface area contributed by atoms with Crippen LogP contribution in [0.5, 0.6) is 0 Å². The lowest BCUT2D eigenvalue weighted by Gasteiger charge is -2.51. The van der Waals surface area contributed by atoms with E-state index in [9.17, 15) is 8.78 Å². The first-order valence-corrected chi connectivity index (χ1v) is 6.18. The second-order valence-corrected chi connectivity index (χ2v) is 5.39. The molecule has 0 amide bonds. The predicted molar refractivity (Wildman–Crippen MR) is 65.7 cm³/mol. The lowest BCUT2D eigenvalue weighted by atomic mass is 9.56. The minimum absolute atomic E-state index is 0.0929. The van der Waals surface area contributed by atoms with Gasteiger partial charge in [0.05, 0.1) is 0 Å². The van der Waals surface area contributed by atoms with E-state index >= 15 is 0 Å². The molecule has 1 aliphatic rings. The molecular weight excluding hydrogens is 224 g/mol. The first-order valence-electron chi connectivity index (χ1n) is 6.18. The third-order valence-electron chi connectivity index (χ3n) is 3.59. The molecule has 0 bridgehead atoms. The third kappa shape index (κ3) is 2.94. The van der Waals surface area contributed by atoms with Gasteiger partial charge in [-0.1, -0.05) is 27.2 Å². The largest absolute Gasteiger partial charge is 0.250 e. The normalized spacial score (nSPS) is 22.5. The van der Waals surface area contributed by atoms with E-state index in [4.69, 9.17) is 5.84 Å². The molecule has 0 aromatic rings. The summed E-state index contributed by atoms with van der Waals surface area (Å²) in [5, 5.41) is 5.47. The Balaban J connectivity index is 2.97. The average molecular weight is 247 g/mol. The fourth-order valence-corrected chi connectivity index (χ4v) is 2.64. The fourth-order valence-electron chi connectivity index (χ4n) is 2.64. The molecule has 0 aromatic heterocycles. The lowest BCUT2D eigenvalue weighted by Crippen LogP contribution is -2.54. The zero-order chi connectivity index (χ0) is 13.3. The highest BCUT2D eigenvalue weighted by Crippen LogP contribution is 2.57. The smallest absolute Gasteiger partial charge is 0.236 e. The predicted octanol–water partition coefficient (Wildman–Crippen LogP) is 3.02. The van der Waals surface area contributed by atoms with Gasteiger partial charge in [-0.3, -0.25) is 0 Å². The number of hydrogen-bond donors (Lipinski definition) is 1. The Hall–Kier alpha value is -0.710. The van der Waals surface area contributed by atoms with Crippen LogP contribution in [0, 0.1) is 11.3 Å². The Morgan fingerprint density at radius 1 is 1.41 bits per heavy atom. The lowest BCUT2D eigenvalue weighted by molar-refractivity contribution is -0.148. The van der Waals surface area contributed by atoms with Crippen LogP contribution in [-0.4, -0.2) is 23.8 Å². The molecule has 0 atom stereocenters. The van der Waals surface area contributed by atoms with Crippen molar-refractivity contribution in [1.82, 2.24) is 5.12 Å². The Morgan fingerprint density at radius 2 is 1.94 bits per heavy atom. The highest BCUT2D eigenvalue weighted by atomic mass is 19.3. The average Bonchev–Trinajstić information content (AvgIpc) is 2.11. The number of hydrazine groups is 1. The van der Waals surface area contributed by atoms with Gasteiger partial charge in [0.25, 0.3) is 0 Å². The second kappa shape index (κ2) is 4.88. The first kappa shape index (κ1) is 14.4. The van der Waals surface area contributed by atoms with E-state index in [1.54, 1.807) is 7.05 Å². The van der Waals surface area contributed by atoms with Crippen molar-refractivity contribution in [1.29, 1.82) is 0 Å². The summed E-state index contributed by atoms with van der Waals surface area (Å²) < 4.78 is 26.5. The molecule has 17 heavy (non-hydrogen) atoms. The molecule has 0 aliphatic heterocycles. The summed E-state index contributed by atoms with van der Waals surface area (Å²) in [7, 11) is 1.63. The van der Waals surface area contributed by atoms with Gasteiger partial charge in [-0.2, -0.15) is 5.10 Å². The van der Waals surface area contributed by atoms with Crippen LogP contribution >= 0.6 is 0 Å². The van der Waals surface area contributed by atoms with Crippen molar-refractivity contribution in [3.63, 3.8) is 0 Å². The third-order valence-corrected chi connectivity index (χ3v) is 3.59. The summed E-state index contributed by atoms with van der Waals surface area (Å²) in [5.41, 5.74) is 0.360. The summed E-state index contributed by atoms with van der Waals surface area (Å²) in [6, 6.07) is 0. The van der Waals surface area contributed by atoms with Crippen LogP contribution in [0.25, 0.3) is 0 Å². The second-order valence-electron chi connectivity index (χ2n) is 5.39. The summed E-state index contributed by atoms with van der Waals surface area (Å²) in [6.45, 7) is 5.99. The zero-order valence-electron chi connectivity index (χ0n) is 11.1.